The van der Waals surface area contributed by atoms with Gasteiger partial charge in [-0.2, -0.15) is 0 Å². The number of benzene rings is 1. The Kier molecular flexibility index (Phi) is 3.97. The molecule has 0 unspecified atom stereocenters. The molecule has 1 aromatic heterocycles. The van der Waals surface area contributed by atoms with Crippen molar-refractivity contribution in [1.29, 1.82) is 0 Å². The molecule has 2 heterocycles. The van der Waals surface area contributed by atoms with Gasteiger partial charge in [-0.15, -0.1) is 0 Å². The highest BCUT2D eigenvalue weighted by Gasteiger charge is 2.38. The molecule has 0 fully saturated rings. The van der Waals surface area contributed by atoms with Gasteiger partial charge in [0.05, 0.1) is 0 Å². The van der Waals surface area contributed by atoms with Gasteiger partial charge in [-0.1, -0.05) is 18.2 Å². The average Bonchev–Trinajstić information content (AvgIpc) is 3.08. The molecule has 122 valence electrons. The van der Waals surface area contributed by atoms with Gasteiger partial charge in [0.1, 0.15) is 5.25 Å². The molecule has 3 rings (SSSR count). The van der Waals surface area contributed by atoms with Crippen molar-refractivity contribution in [3.63, 3.8) is 0 Å². The highest BCUT2D eigenvalue weighted by atomic mass is 32.2. The second kappa shape index (κ2) is 5.81. The lowest BCUT2D eigenvalue weighted by Gasteiger charge is -2.36. The summed E-state index contributed by atoms with van der Waals surface area (Å²) >= 11 is 0. The number of para-hydroxylation sites is 1. The minimum Gasteiger partial charge on any atom is -0.336 e. The van der Waals surface area contributed by atoms with Gasteiger partial charge in [0.15, 0.2) is 0 Å². The molecular formula is C16H19N3O3S. The van der Waals surface area contributed by atoms with Crippen LogP contribution < -0.4 is 4.90 Å². The summed E-state index contributed by atoms with van der Waals surface area (Å²) in [4.78, 5) is 20.9. The lowest BCUT2D eigenvalue weighted by molar-refractivity contribution is -0.118. The minimum atomic E-state index is -3.83. The number of anilines is 1. The summed E-state index contributed by atoms with van der Waals surface area (Å²) in [5, 5.41) is -1.36. The molecule has 2 aromatic rings. The predicted molar refractivity (Wildman–Crippen MR) is 86.9 cm³/mol. The first kappa shape index (κ1) is 15.7. The van der Waals surface area contributed by atoms with Gasteiger partial charge in [-0.3, -0.25) is 4.79 Å². The van der Waals surface area contributed by atoms with E-state index in [1.54, 1.807) is 4.90 Å². The fourth-order valence-electron chi connectivity index (χ4n) is 2.93. The van der Waals surface area contributed by atoms with Crippen molar-refractivity contribution in [2.45, 2.75) is 43.1 Å². The highest BCUT2D eigenvalue weighted by Crippen LogP contribution is 2.32. The number of imidazole rings is 1. The number of nitrogens with zero attached hydrogens (tertiary/aromatic N) is 2. The molecule has 1 N–H and O–H groups in total. The molecule has 6 nitrogen and oxygen atoms in total. The molecule has 0 aliphatic carbocycles. The third-order valence-electron chi connectivity index (χ3n) is 4.32. The second-order valence-corrected chi connectivity index (χ2v) is 7.99. The number of carbonyl (C=O) groups is 1. The van der Waals surface area contributed by atoms with Gasteiger partial charge in [-0.25, -0.2) is 13.4 Å². The lowest BCUT2D eigenvalue weighted by Crippen LogP contribution is -2.48. The van der Waals surface area contributed by atoms with E-state index in [0.29, 0.717) is 0 Å². The summed E-state index contributed by atoms with van der Waals surface area (Å²) < 4.78 is 25.1. The number of sulfone groups is 1. The van der Waals surface area contributed by atoms with Crippen LogP contribution in [0.5, 0.6) is 0 Å². The van der Waals surface area contributed by atoms with E-state index in [4.69, 9.17) is 0 Å². The smallest absolute Gasteiger partial charge is 0.245 e. The summed E-state index contributed by atoms with van der Waals surface area (Å²) in [7, 11) is -3.83. The Balaban J connectivity index is 1.97. The van der Waals surface area contributed by atoms with E-state index in [-0.39, 0.29) is 11.2 Å². The zero-order valence-corrected chi connectivity index (χ0v) is 13.9. The number of nitrogens with one attached hydrogen (secondary N) is 1. The Labute approximate surface area is 135 Å². The molecule has 1 aliphatic heterocycles. The number of amides is 1. The largest absolute Gasteiger partial charge is 0.336 e. The Morgan fingerprint density at radius 1 is 1.39 bits per heavy atom. The quantitative estimate of drug-likeness (QED) is 0.930. The van der Waals surface area contributed by atoms with Crippen molar-refractivity contribution in [2.75, 3.05) is 4.90 Å². The fourth-order valence-corrected chi connectivity index (χ4v) is 4.08. The SMILES string of the molecule is C[C@@H]1CCc2ccccc2N1C(=O)[C@H](C)S(=O)(=O)c1ncc[nH]1. The number of aryl methyl sites for hydroxylation is 1. The Bertz CT molecular complexity index is 815. The van der Waals surface area contributed by atoms with Gasteiger partial charge in [0, 0.05) is 24.1 Å². The number of carbonyl (C=O) groups excluding carboxylic acids is 1. The van der Waals surface area contributed by atoms with Crippen LogP contribution in [0.3, 0.4) is 0 Å². The predicted octanol–water partition coefficient (Wildman–Crippen LogP) is 1.94. The van der Waals surface area contributed by atoms with Crippen LogP contribution in [0.1, 0.15) is 25.8 Å². The first-order valence-corrected chi connectivity index (χ1v) is 9.12. The van der Waals surface area contributed by atoms with Crippen LogP contribution in [-0.2, 0) is 21.1 Å². The van der Waals surface area contributed by atoms with Crippen LogP contribution >= 0.6 is 0 Å². The van der Waals surface area contributed by atoms with E-state index in [9.17, 15) is 13.2 Å². The van der Waals surface area contributed by atoms with Crippen molar-refractivity contribution >= 4 is 21.4 Å². The fraction of sp³-hybridized carbons (Fsp3) is 0.375. The van der Waals surface area contributed by atoms with Crippen molar-refractivity contribution in [1.82, 2.24) is 9.97 Å². The number of hydrogen-bond acceptors (Lipinski definition) is 4. The van der Waals surface area contributed by atoms with Crippen LogP contribution in [0, 0.1) is 0 Å². The molecular weight excluding hydrogens is 314 g/mol. The van der Waals surface area contributed by atoms with Crippen LogP contribution in [0.2, 0.25) is 0 Å². The molecule has 1 aromatic carbocycles. The van der Waals surface area contributed by atoms with Crippen molar-refractivity contribution in [2.24, 2.45) is 0 Å². The molecule has 1 aliphatic rings. The Morgan fingerprint density at radius 3 is 2.83 bits per heavy atom. The standard InChI is InChI=1S/C16H19N3O3S/c1-11-7-8-13-5-3-4-6-14(13)19(11)15(20)12(2)23(21,22)16-17-9-10-18-16/h3-6,9-12H,7-8H2,1-2H3,(H,17,18)/t11-,12+/m1/s1. The van der Waals surface area contributed by atoms with Gasteiger partial charge < -0.3 is 9.88 Å². The number of fused-ring (bicyclic) bond motifs is 1. The molecule has 1 amide bonds. The summed E-state index contributed by atoms with van der Waals surface area (Å²) in [6.45, 7) is 3.37. The summed E-state index contributed by atoms with van der Waals surface area (Å²) in [5.41, 5.74) is 1.87. The van der Waals surface area contributed by atoms with Crippen LogP contribution in [0.4, 0.5) is 5.69 Å². The van der Waals surface area contributed by atoms with Gasteiger partial charge in [0.2, 0.25) is 20.9 Å². The molecule has 0 spiro atoms. The van der Waals surface area contributed by atoms with E-state index < -0.39 is 21.0 Å². The van der Waals surface area contributed by atoms with E-state index in [0.717, 1.165) is 24.1 Å². The number of rotatable bonds is 3. The maximum atomic E-state index is 12.9. The molecule has 0 radical (unpaired) electrons. The van der Waals surface area contributed by atoms with E-state index >= 15 is 0 Å². The molecule has 23 heavy (non-hydrogen) atoms. The second-order valence-electron chi connectivity index (χ2n) is 5.81. The summed E-state index contributed by atoms with van der Waals surface area (Å²) in [6.07, 6.45) is 4.50. The third kappa shape index (κ3) is 2.65. The molecule has 7 heteroatoms. The minimum absolute atomic E-state index is 0.0355. The van der Waals surface area contributed by atoms with Gasteiger partial charge >= 0.3 is 0 Å². The first-order chi connectivity index (χ1) is 10.9. The monoisotopic (exact) mass is 333 g/mol. The molecule has 2 atom stereocenters. The Morgan fingerprint density at radius 2 is 2.13 bits per heavy atom. The van der Waals surface area contributed by atoms with Crippen molar-refractivity contribution in [3.8, 4) is 0 Å². The first-order valence-electron chi connectivity index (χ1n) is 7.57. The zero-order valence-electron chi connectivity index (χ0n) is 13.1. The van der Waals surface area contributed by atoms with Crippen molar-refractivity contribution < 1.29 is 13.2 Å². The zero-order chi connectivity index (χ0) is 16.6. The maximum absolute atomic E-state index is 12.9. The number of hydrogen-bond donors (Lipinski definition) is 1. The van der Waals surface area contributed by atoms with E-state index in [2.05, 4.69) is 9.97 Å². The number of aromatic nitrogens is 2. The van der Waals surface area contributed by atoms with E-state index in [1.165, 1.54) is 19.3 Å². The van der Waals surface area contributed by atoms with Crippen LogP contribution in [0.15, 0.2) is 41.8 Å². The summed E-state index contributed by atoms with van der Waals surface area (Å²) in [6, 6.07) is 7.61. The highest BCUT2D eigenvalue weighted by molar-refractivity contribution is 7.92. The molecule has 0 saturated heterocycles. The molecule has 0 saturated carbocycles. The van der Waals surface area contributed by atoms with Crippen LogP contribution in [0.25, 0.3) is 0 Å². The lowest BCUT2D eigenvalue weighted by atomic mass is 9.96. The number of aromatic amines is 1. The molecule has 0 bridgehead atoms. The Hall–Kier alpha value is -2.15. The van der Waals surface area contributed by atoms with Crippen LogP contribution in [-0.4, -0.2) is 35.6 Å². The summed E-state index contributed by atoms with van der Waals surface area (Å²) in [5.74, 6) is -0.416. The third-order valence-corrected chi connectivity index (χ3v) is 6.21. The van der Waals surface area contributed by atoms with Gasteiger partial charge in [-0.05, 0) is 38.3 Å². The van der Waals surface area contributed by atoms with Gasteiger partial charge in [0.25, 0.3) is 0 Å². The van der Waals surface area contributed by atoms with E-state index in [1.807, 2.05) is 31.2 Å². The topological polar surface area (TPSA) is 83.1 Å². The van der Waals surface area contributed by atoms with Crippen molar-refractivity contribution in [3.05, 3.63) is 42.2 Å². The number of H-pyrrole nitrogens is 1. The average molecular weight is 333 g/mol. The normalized spacial score (nSPS) is 19.2. The maximum Gasteiger partial charge on any atom is 0.245 e.